The quantitative estimate of drug-likeness (QED) is 0.737. The van der Waals surface area contributed by atoms with Gasteiger partial charge in [0, 0.05) is 55.9 Å². The van der Waals surface area contributed by atoms with Gasteiger partial charge in [0.1, 0.15) is 23.3 Å². The lowest BCUT2D eigenvalue weighted by molar-refractivity contribution is -0.130. The van der Waals surface area contributed by atoms with Gasteiger partial charge in [-0.05, 0) is 19.1 Å². The average Bonchev–Trinajstić information content (AvgIpc) is 2.76. The molecule has 0 radical (unpaired) electrons. The van der Waals surface area contributed by atoms with Gasteiger partial charge in [-0.3, -0.25) is 4.79 Å². The number of rotatable bonds is 4. The molecule has 0 unspecified atom stereocenters. The number of benzene rings is 1. The van der Waals surface area contributed by atoms with Crippen LogP contribution in [-0.4, -0.2) is 73.3 Å². The molecule has 0 saturated carbocycles. The van der Waals surface area contributed by atoms with Gasteiger partial charge >= 0.3 is 0 Å². The van der Waals surface area contributed by atoms with Crippen LogP contribution >= 0.6 is 11.6 Å². The summed E-state index contributed by atoms with van der Waals surface area (Å²) in [6.07, 6.45) is -0.0285. The normalized spacial score (nSPS) is 17.4. The molecule has 0 spiro atoms. The van der Waals surface area contributed by atoms with Gasteiger partial charge in [0.15, 0.2) is 0 Å². The predicted octanol–water partition coefficient (Wildman–Crippen LogP) is 2.31. The molecule has 0 atom stereocenters. The minimum Gasteiger partial charge on any atom is -0.378 e. The Morgan fingerprint density at radius 2 is 1.70 bits per heavy atom. The second kappa shape index (κ2) is 9.14. The van der Waals surface area contributed by atoms with Crippen LogP contribution in [0.2, 0.25) is 5.02 Å². The van der Waals surface area contributed by atoms with E-state index in [1.54, 1.807) is 17.0 Å². The number of aryl methyl sites for hydroxylation is 1. The molecule has 2 aromatic rings. The van der Waals surface area contributed by atoms with Gasteiger partial charge in [-0.25, -0.2) is 14.4 Å². The second-order valence-electron chi connectivity index (χ2n) is 7.48. The first kappa shape index (κ1) is 20.8. The lowest BCUT2D eigenvalue weighted by atomic mass is 10.1. The van der Waals surface area contributed by atoms with Crippen molar-refractivity contribution in [2.45, 2.75) is 13.3 Å². The fourth-order valence-corrected chi connectivity index (χ4v) is 4.03. The van der Waals surface area contributed by atoms with E-state index in [1.165, 1.54) is 6.07 Å². The molecule has 2 aliphatic rings. The predicted molar refractivity (Wildman–Crippen MR) is 114 cm³/mol. The van der Waals surface area contributed by atoms with Crippen molar-refractivity contribution in [1.82, 2.24) is 14.9 Å². The lowest BCUT2D eigenvalue weighted by Gasteiger charge is -2.36. The second-order valence-corrected chi connectivity index (χ2v) is 7.88. The number of piperazine rings is 1. The van der Waals surface area contributed by atoms with E-state index < -0.39 is 5.82 Å². The maximum absolute atomic E-state index is 14.0. The molecular formula is C21H25ClFN5O2. The molecule has 30 heavy (non-hydrogen) atoms. The summed E-state index contributed by atoms with van der Waals surface area (Å²) in [5.41, 5.74) is 0.258. The smallest absolute Gasteiger partial charge is 0.227 e. The van der Waals surface area contributed by atoms with Crippen LogP contribution in [0.4, 0.5) is 16.0 Å². The number of carbonyl (C=O) groups is 1. The van der Waals surface area contributed by atoms with Crippen LogP contribution < -0.4 is 9.80 Å². The Morgan fingerprint density at radius 3 is 2.33 bits per heavy atom. The van der Waals surface area contributed by atoms with Gasteiger partial charge in [0.25, 0.3) is 0 Å². The first-order valence-electron chi connectivity index (χ1n) is 10.2. The highest BCUT2D eigenvalue weighted by Crippen LogP contribution is 2.23. The number of ether oxygens (including phenoxy) is 1. The molecule has 2 aliphatic heterocycles. The summed E-state index contributed by atoms with van der Waals surface area (Å²) in [4.78, 5) is 28.0. The summed E-state index contributed by atoms with van der Waals surface area (Å²) in [6, 6.07) is 6.48. The number of anilines is 2. The molecule has 0 bridgehead atoms. The average molecular weight is 434 g/mol. The molecule has 3 heterocycles. The van der Waals surface area contributed by atoms with Crippen molar-refractivity contribution in [3.8, 4) is 0 Å². The van der Waals surface area contributed by atoms with Gasteiger partial charge < -0.3 is 19.4 Å². The molecule has 160 valence electrons. The van der Waals surface area contributed by atoms with E-state index in [0.717, 1.165) is 30.5 Å². The van der Waals surface area contributed by atoms with Crippen molar-refractivity contribution in [1.29, 1.82) is 0 Å². The summed E-state index contributed by atoms with van der Waals surface area (Å²) in [6.45, 7) is 7.36. The third-order valence-electron chi connectivity index (χ3n) is 5.49. The van der Waals surface area contributed by atoms with Crippen LogP contribution in [0, 0.1) is 12.7 Å². The molecule has 2 fully saturated rings. The molecule has 1 aromatic carbocycles. The van der Waals surface area contributed by atoms with E-state index in [2.05, 4.69) is 19.8 Å². The SMILES string of the molecule is Cc1nc(N2CCOCC2)cc(N2CCN(C(=O)Cc3c(F)cccc3Cl)CC2)n1. The zero-order valence-electron chi connectivity index (χ0n) is 17.0. The first-order valence-corrected chi connectivity index (χ1v) is 10.5. The van der Waals surface area contributed by atoms with Gasteiger partial charge in [0.05, 0.1) is 19.6 Å². The molecular weight excluding hydrogens is 409 g/mol. The summed E-state index contributed by atoms with van der Waals surface area (Å²) in [5.74, 6) is 1.94. The number of halogens is 2. The zero-order valence-corrected chi connectivity index (χ0v) is 17.7. The summed E-state index contributed by atoms with van der Waals surface area (Å²) >= 11 is 6.06. The fraction of sp³-hybridized carbons (Fsp3) is 0.476. The maximum Gasteiger partial charge on any atom is 0.227 e. The van der Waals surface area contributed by atoms with Gasteiger partial charge in [-0.1, -0.05) is 17.7 Å². The maximum atomic E-state index is 14.0. The zero-order chi connectivity index (χ0) is 21.1. The van der Waals surface area contributed by atoms with Crippen LogP contribution in [0.15, 0.2) is 24.3 Å². The van der Waals surface area contributed by atoms with E-state index in [4.69, 9.17) is 16.3 Å². The van der Waals surface area contributed by atoms with Crippen molar-refractivity contribution in [3.63, 3.8) is 0 Å². The van der Waals surface area contributed by atoms with E-state index >= 15 is 0 Å². The van der Waals surface area contributed by atoms with Crippen LogP contribution in [-0.2, 0) is 16.0 Å². The number of hydrogen-bond acceptors (Lipinski definition) is 6. The molecule has 2 saturated heterocycles. The van der Waals surface area contributed by atoms with Crippen molar-refractivity contribution in [2.24, 2.45) is 0 Å². The van der Waals surface area contributed by atoms with Crippen LogP contribution in [0.5, 0.6) is 0 Å². The van der Waals surface area contributed by atoms with Crippen molar-refractivity contribution < 1.29 is 13.9 Å². The third kappa shape index (κ3) is 4.65. The summed E-state index contributed by atoms with van der Waals surface area (Å²) in [7, 11) is 0. The van der Waals surface area contributed by atoms with E-state index in [0.29, 0.717) is 39.4 Å². The topological polar surface area (TPSA) is 61.8 Å². The lowest BCUT2D eigenvalue weighted by Crippen LogP contribution is -2.49. The molecule has 0 aliphatic carbocycles. The van der Waals surface area contributed by atoms with Crippen LogP contribution in [0.3, 0.4) is 0 Å². The van der Waals surface area contributed by atoms with Gasteiger partial charge in [-0.15, -0.1) is 0 Å². The molecule has 1 aromatic heterocycles. The monoisotopic (exact) mass is 433 g/mol. The molecule has 7 nitrogen and oxygen atoms in total. The Kier molecular flexibility index (Phi) is 6.34. The fourth-order valence-electron chi connectivity index (χ4n) is 3.80. The van der Waals surface area contributed by atoms with Crippen molar-refractivity contribution >= 4 is 29.1 Å². The molecule has 0 N–H and O–H groups in total. The minimum atomic E-state index is -0.443. The Bertz CT molecular complexity index is 894. The number of nitrogens with zero attached hydrogens (tertiary/aromatic N) is 5. The number of hydrogen-bond donors (Lipinski definition) is 0. The number of carbonyl (C=O) groups excluding carboxylic acids is 1. The van der Waals surface area contributed by atoms with Crippen molar-refractivity contribution in [3.05, 3.63) is 46.5 Å². The highest BCUT2D eigenvalue weighted by Gasteiger charge is 2.24. The summed E-state index contributed by atoms with van der Waals surface area (Å²) < 4.78 is 19.4. The van der Waals surface area contributed by atoms with Gasteiger partial charge in [-0.2, -0.15) is 0 Å². The Morgan fingerprint density at radius 1 is 1.07 bits per heavy atom. The number of amides is 1. The van der Waals surface area contributed by atoms with Crippen LogP contribution in [0.25, 0.3) is 0 Å². The van der Waals surface area contributed by atoms with Gasteiger partial charge in [0.2, 0.25) is 5.91 Å². The Balaban J connectivity index is 1.39. The number of aromatic nitrogens is 2. The molecule has 1 amide bonds. The van der Waals surface area contributed by atoms with Crippen molar-refractivity contribution in [2.75, 3.05) is 62.3 Å². The highest BCUT2D eigenvalue weighted by atomic mass is 35.5. The standard InChI is InChI=1S/C21H25ClFN5O2/c1-15-24-19(14-20(25-15)27-9-11-30-12-10-27)26-5-7-28(8-6-26)21(29)13-16-17(22)3-2-4-18(16)23/h2-4,14H,5-13H2,1H3. The Hall–Kier alpha value is -2.45. The Labute approximate surface area is 180 Å². The molecule has 9 heteroatoms. The van der Waals surface area contributed by atoms with E-state index in [1.807, 2.05) is 13.0 Å². The summed E-state index contributed by atoms with van der Waals surface area (Å²) in [5, 5.41) is 0.286. The third-order valence-corrected chi connectivity index (χ3v) is 5.85. The minimum absolute atomic E-state index is 0.0285. The van der Waals surface area contributed by atoms with Crippen LogP contribution in [0.1, 0.15) is 11.4 Å². The van der Waals surface area contributed by atoms with E-state index in [-0.39, 0.29) is 22.9 Å². The number of morpholine rings is 1. The molecule has 4 rings (SSSR count). The highest BCUT2D eigenvalue weighted by molar-refractivity contribution is 6.31. The van der Waals surface area contributed by atoms with E-state index in [9.17, 15) is 9.18 Å². The largest absolute Gasteiger partial charge is 0.378 e. The first-order chi connectivity index (χ1) is 14.5.